The molecule has 1 aromatic rings. The quantitative estimate of drug-likeness (QED) is 0.553. The summed E-state index contributed by atoms with van der Waals surface area (Å²) >= 11 is 0. The summed E-state index contributed by atoms with van der Waals surface area (Å²) in [5, 5.41) is 33.0. The zero-order chi connectivity index (χ0) is 17.4. The lowest BCUT2D eigenvalue weighted by Crippen LogP contribution is -2.58. The molecule has 130 valence electrons. The molecule has 1 aromatic heterocycles. The van der Waals surface area contributed by atoms with E-state index in [0.29, 0.717) is 12.2 Å². The largest absolute Gasteiger partial charge is 0.465 e. The average Bonchev–Trinajstić information content (AvgIpc) is 2.98. The summed E-state index contributed by atoms with van der Waals surface area (Å²) in [6.45, 7) is 2.42. The molecule has 1 amide bonds. The lowest BCUT2D eigenvalue weighted by Gasteiger charge is -2.41. The molecule has 1 aliphatic heterocycles. The molecule has 2 aliphatic rings. The number of aryl methyl sites for hydroxylation is 1. The number of carbonyl (C=O) groups is 1. The molecule has 0 unspecified atom stereocenters. The Morgan fingerprint density at radius 3 is 2.88 bits per heavy atom. The molecule has 2 heterocycles. The third kappa shape index (κ3) is 2.86. The van der Waals surface area contributed by atoms with E-state index in [2.05, 4.69) is 10.3 Å². The topological polar surface area (TPSA) is 129 Å². The highest BCUT2D eigenvalue weighted by Crippen LogP contribution is 2.39. The van der Waals surface area contributed by atoms with Crippen LogP contribution in [-0.4, -0.2) is 51.4 Å². The number of hydrogen-bond donors (Lipinski definition) is 3. The van der Waals surface area contributed by atoms with Crippen LogP contribution >= 0.6 is 0 Å². The normalized spacial score (nSPS) is 26.1. The predicted molar refractivity (Wildman–Crippen MR) is 85.2 cm³/mol. The number of pyridine rings is 1. The second-order valence-corrected chi connectivity index (χ2v) is 6.46. The fourth-order valence-electron chi connectivity index (χ4n) is 3.71. The van der Waals surface area contributed by atoms with Gasteiger partial charge >= 0.3 is 11.8 Å². The van der Waals surface area contributed by atoms with Crippen LogP contribution in [0.1, 0.15) is 24.6 Å². The molecule has 3 rings (SSSR count). The van der Waals surface area contributed by atoms with E-state index in [0.717, 1.165) is 30.5 Å². The van der Waals surface area contributed by atoms with Crippen molar-refractivity contribution in [2.75, 3.05) is 18.0 Å². The Morgan fingerprint density at radius 1 is 1.46 bits per heavy atom. The predicted octanol–water partition coefficient (Wildman–Crippen LogP) is 0.932. The Morgan fingerprint density at radius 2 is 2.21 bits per heavy atom. The van der Waals surface area contributed by atoms with E-state index in [1.807, 2.05) is 4.90 Å². The number of hydrogen-bond acceptors (Lipinski definition) is 6. The maximum absolute atomic E-state index is 11.4. The number of anilines is 1. The van der Waals surface area contributed by atoms with Gasteiger partial charge in [0, 0.05) is 30.3 Å². The number of aliphatic hydroxyl groups is 1. The number of nitrogens with one attached hydrogen (secondary N) is 1. The number of amides is 1. The van der Waals surface area contributed by atoms with Crippen LogP contribution in [0, 0.1) is 16.0 Å². The molecule has 0 bridgehead atoms. The van der Waals surface area contributed by atoms with Gasteiger partial charge in [0.1, 0.15) is 11.9 Å². The molecule has 24 heavy (non-hydrogen) atoms. The Balaban J connectivity index is 2.00. The number of rotatable bonds is 3. The van der Waals surface area contributed by atoms with Crippen LogP contribution in [0.3, 0.4) is 0 Å². The highest BCUT2D eigenvalue weighted by molar-refractivity contribution is 5.70. The molecule has 0 radical (unpaired) electrons. The highest BCUT2D eigenvalue weighted by Gasteiger charge is 2.38. The molecule has 9 heteroatoms. The van der Waals surface area contributed by atoms with Gasteiger partial charge in [0.25, 0.3) is 0 Å². The minimum Gasteiger partial charge on any atom is -0.465 e. The second kappa shape index (κ2) is 6.23. The summed E-state index contributed by atoms with van der Waals surface area (Å²) in [5.74, 6) is -0.222. The molecular formula is C15H20N4O5. The number of aliphatic hydroxyl groups excluding tert-OH is 1. The van der Waals surface area contributed by atoms with Crippen molar-refractivity contribution >= 4 is 17.5 Å². The van der Waals surface area contributed by atoms with E-state index in [1.165, 1.54) is 6.20 Å². The molecule has 3 atom stereocenters. The third-order valence-electron chi connectivity index (χ3n) is 4.80. The third-order valence-corrected chi connectivity index (χ3v) is 4.80. The van der Waals surface area contributed by atoms with Crippen LogP contribution in [0.4, 0.5) is 16.2 Å². The molecule has 1 fully saturated rings. The summed E-state index contributed by atoms with van der Waals surface area (Å²) in [6.07, 6.45) is 1.66. The molecule has 3 N–H and O–H groups in total. The van der Waals surface area contributed by atoms with Crippen molar-refractivity contribution in [1.29, 1.82) is 0 Å². The van der Waals surface area contributed by atoms with Crippen molar-refractivity contribution in [3.63, 3.8) is 0 Å². The SMILES string of the molecule is C[C@H]1CN(c2c([N+](=O)[O-])cnc3c2CCC3)C[C@@H](NC(=O)O)[C@@H]1O. The van der Waals surface area contributed by atoms with E-state index in [1.54, 1.807) is 6.92 Å². The molecule has 9 nitrogen and oxygen atoms in total. The summed E-state index contributed by atoms with van der Waals surface area (Å²) in [5.41, 5.74) is 2.21. The number of piperidine rings is 1. The Bertz CT molecular complexity index is 680. The smallest absolute Gasteiger partial charge is 0.405 e. The fourth-order valence-corrected chi connectivity index (χ4v) is 3.71. The average molecular weight is 336 g/mol. The van der Waals surface area contributed by atoms with Gasteiger partial charge in [-0.25, -0.2) is 4.79 Å². The van der Waals surface area contributed by atoms with E-state index in [-0.39, 0.29) is 18.2 Å². The first-order valence-electron chi connectivity index (χ1n) is 7.96. The van der Waals surface area contributed by atoms with E-state index in [9.17, 15) is 20.0 Å². The van der Waals surface area contributed by atoms with Gasteiger partial charge in [-0.3, -0.25) is 15.1 Å². The summed E-state index contributed by atoms with van der Waals surface area (Å²) < 4.78 is 0. The van der Waals surface area contributed by atoms with Gasteiger partial charge in [0.15, 0.2) is 0 Å². The number of aromatic nitrogens is 1. The van der Waals surface area contributed by atoms with Gasteiger partial charge in [-0.05, 0) is 19.3 Å². The van der Waals surface area contributed by atoms with Crippen molar-refractivity contribution in [2.24, 2.45) is 5.92 Å². The van der Waals surface area contributed by atoms with Gasteiger partial charge in [0.2, 0.25) is 0 Å². The van der Waals surface area contributed by atoms with Crippen molar-refractivity contribution in [3.8, 4) is 0 Å². The van der Waals surface area contributed by atoms with E-state index < -0.39 is 23.2 Å². The lowest BCUT2D eigenvalue weighted by atomic mass is 9.91. The minimum atomic E-state index is -1.22. The van der Waals surface area contributed by atoms with Crippen LogP contribution in [-0.2, 0) is 12.8 Å². The van der Waals surface area contributed by atoms with Crippen molar-refractivity contribution < 1.29 is 19.9 Å². The number of nitro groups is 1. The molecule has 0 aromatic carbocycles. The first kappa shape index (κ1) is 16.4. The van der Waals surface area contributed by atoms with Crippen molar-refractivity contribution in [2.45, 2.75) is 38.3 Å². The molecule has 1 saturated heterocycles. The standard InChI is InChI=1S/C15H20N4O5/c1-8-6-18(7-11(14(8)20)17-15(21)22)13-9-3-2-4-10(9)16-5-12(13)19(23)24/h5,8,11,14,17,20H,2-4,6-7H2,1H3,(H,21,22)/t8-,11+,14+/m0/s1. The minimum absolute atomic E-state index is 0.0617. The summed E-state index contributed by atoms with van der Waals surface area (Å²) in [6, 6.07) is -0.698. The van der Waals surface area contributed by atoms with Crippen LogP contribution in [0.5, 0.6) is 0 Å². The first-order valence-corrected chi connectivity index (χ1v) is 7.96. The Labute approximate surface area is 138 Å². The van der Waals surface area contributed by atoms with E-state index in [4.69, 9.17) is 5.11 Å². The Hall–Kier alpha value is -2.42. The Kier molecular flexibility index (Phi) is 4.27. The highest BCUT2D eigenvalue weighted by atomic mass is 16.6. The van der Waals surface area contributed by atoms with Gasteiger partial charge < -0.3 is 20.4 Å². The molecular weight excluding hydrogens is 316 g/mol. The number of carboxylic acid groups (broad SMARTS) is 1. The fraction of sp³-hybridized carbons (Fsp3) is 0.600. The zero-order valence-electron chi connectivity index (χ0n) is 13.3. The van der Waals surface area contributed by atoms with Crippen molar-refractivity contribution in [3.05, 3.63) is 27.6 Å². The van der Waals surface area contributed by atoms with Crippen LogP contribution in [0.2, 0.25) is 0 Å². The summed E-state index contributed by atoms with van der Waals surface area (Å²) in [4.78, 5) is 28.0. The van der Waals surface area contributed by atoms with E-state index >= 15 is 0 Å². The second-order valence-electron chi connectivity index (χ2n) is 6.46. The lowest BCUT2D eigenvalue weighted by molar-refractivity contribution is -0.384. The molecule has 0 saturated carbocycles. The molecule has 0 spiro atoms. The van der Waals surface area contributed by atoms with Gasteiger partial charge in [-0.15, -0.1) is 0 Å². The first-order chi connectivity index (χ1) is 11.4. The van der Waals surface area contributed by atoms with Crippen LogP contribution < -0.4 is 10.2 Å². The number of nitrogens with zero attached hydrogens (tertiary/aromatic N) is 3. The number of fused-ring (bicyclic) bond motifs is 1. The monoisotopic (exact) mass is 336 g/mol. The molecule has 1 aliphatic carbocycles. The van der Waals surface area contributed by atoms with Gasteiger partial charge in [-0.2, -0.15) is 0 Å². The summed E-state index contributed by atoms with van der Waals surface area (Å²) in [7, 11) is 0. The van der Waals surface area contributed by atoms with Gasteiger partial charge in [-0.1, -0.05) is 6.92 Å². The maximum atomic E-state index is 11.4. The van der Waals surface area contributed by atoms with Gasteiger partial charge in [0.05, 0.1) is 17.1 Å². The van der Waals surface area contributed by atoms with Crippen LogP contribution in [0.15, 0.2) is 6.20 Å². The zero-order valence-corrected chi connectivity index (χ0v) is 13.3. The van der Waals surface area contributed by atoms with Crippen molar-refractivity contribution in [1.82, 2.24) is 10.3 Å². The maximum Gasteiger partial charge on any atom is 0.405 e. The van der Waals surface area contributed by atoms with Crippen LogP contribution in [0.25, 0.3) is 0 Å².